The maximum atomic E-state index is 15.0. The Bertz CT molecular complexity index is 943. The average Bonchev–Trinajstić information content (AvgIpc) is 2.67. The minimum Gasteiger partial charge on any atom is -0.406 e. The molecule has 0 saturated carbocycles. The van der Waals surface area contributed by atoms with Crippen LogP contribution in [0.2, 0.25) is 0 Å². The summed E-state index contributed by atoms with van der Waals surface area (Å²) in [5.41, 5.74) is 1.07. The lowest BCUT2D eigenvalue weighted by Crippen LogP contribution is -2.49. The lowest BCUT2D eigenvalue weighted by atomic mass is 9.89. The van der Waals surface area contributed by atoms with Gasteiger partial charge in [-0.3, -0.25) is 0 Å². The van der Waals surface area contributed by atoms with Crippen LogP contribution < -0.4 is 4.74 Å². The van der Waals surface area contributed by atoms with Gasteiger partial charge in [-0.25, -0.2) is 9.38 Å². The van der Waals surface area contributed by atoms with Crippen LogP contribution in [-0.4, -0.2) is 44.4 Å². The van der Waals surface area contributed by atoms with Crippen molar-refractivity contribution in [1.82, 2.24) is 4.90 Å². The highest BCUT2D eigenvalue weighted by Crippen LogP contribution is 2.39. The first kappa shape index (κ1) is 23.0. The van der Waals surface area contributed by atoms with E-state index in [-0.39, 0.29) is 25.6 Å². The number of benzene rings is 2. The highest BCUT2D eigenvalue weighted by atomic mass is 19.4. The molecule has 1 fully saturated rings. The van der Waals surface area contributed by atoms with Crippen molar-refractivity contribution in [3.8, 4) is 5.75 Å². The van der Waals surface area contributed by atoms with Crippen LogP contribution in [-0.2, 0) is 21.7 Å². The minimum atomic E-state index is -4.78. The predicted octanol–water partition coefficient (Wildman–Crippen LogP) is 5.09. The molecule has 0 aliphatic carbocycles. The summed E-state index contributed by atoms with van der Waals surface area (Å²) in [6.07, 6.45) is -3.14. The fraction of sp³-hybridized carbons (Fsp3) is 0.409. The molecule has 0 atom stereocenters. The molecule has 0 unspecified atom stereocenters. The maximum absolute atomic E-state index is 15.0. The third-order valence-electron chi connectivity index (χ3n) is 4.99. The molecule has 1 aliphatic rings. The van der Waals surface area contributed by atoms with Crippen LogP contribution >= 0.6 is 0 Å². The van der Waals surface area contributed by atoms with E-state index in [1.54, 1.807) is 18.5 Å². The molecule has 168 valence electrons. The third kappa shape index (κ3) is 5.74. The molecular formula is C22H24F4N2O3. The van der Waals surface area contributed by atoms with Gasteiger partial charge >= 0.3 is 6.36 Å². The molecule has 9 heteroatoms. The Morgan fingerprint density at radius 3 is 2.58 bits per heavy atom. The fourth-order valence-corrected chi connectivity index (χ4v) is 3.06. The predicted molar refractivity (Wildman–Crippen MR) is 108 cm³/mol. The summed E-state index contributed by atoms with van der Waals surface area (Å²) in [6.45, 7) is 4.83. The Hall–Kier alpha value is -2.65. The summed E-state index contributed by atoms with van der Waals surface area (Å²) in [5.74, 6) is -0.817. The Balaban J connectivity index is 1.78. The molecule has 0 N–H and O–H groups in total. The molecule has 0 radical (unpaired) electrons. The topological polar surface area (TPSA) is 43.3 Å². The largest absolute Gasteiger partial charge is 0.573 e. The van der Waals surface area contributed by atoms with Gasteiger partial charge in [-0.2, -0.15) is 0 Å². The molecule has 2 aromatic rings. The van der Waals surface area contributed by atoms with E-state index in [9.17, 15) is 17.6 Å². The van der Waals surface area contributed by atoms with E-state index < -0.39 is 17.8 Å². The van der Waals surface area contributed by atoms with Gasteiger partial charge in [0.25, 0.3) is 0 Å². The second-order valence-corrected chi connectivity index (χ2v) is 7.41. The number of halogens is 4. The summed E-state index contributed by atoms with van der Waals surface area (Å²) in [4.78, 5) is 6.19. The first-order chi connectivity index (χ1) is 14.6. The first-order valence-electron chi connectivity index (χ1n) is 9.73. The SMILES string of the molecule is CCN(C)C=Nc1cc(F)c(C2(OCc3cccc(OC(F)(F)F)c3)COC2)cc1C. The zero-order valence-electron chi connectivity index (χ0n) is 17.5. The Morgan fingerprint density at radius 1 is 1.23 bits per heavy atom. The van der Waals surface area contributed by atoms with Gasteiger partial charge in [0.2, 0.25) is 0 Å². The number of hydrogen-bond donors (Lipinski definition) is 0. The maximum Gasteiger partial charge on any atom is 0.573 e. The number of alkyl halides is 3. The molecule has 2 aromatic carbocycles. The molecule has 3 rings (SSSR count). The molecule has 1 heterocycles. The molecule has 31 heavy (non-hydrogen) atoms. The zero-order valence-corrected chi connectivity index (χ0v) is 17.5. The van der Waals surface area contributed by atoms with E-state index in [2.05, 4.69) is 9.73 Å². The van der Waals surface area contributed by atoms with E-state index in [0.29, 0.717) is 16.8 Å². The van der Waals surface area contributed by atoms with Crippen LogP contribution in [0.15, 0.2) is 41.4 Å². The molecule has 1 saturated heterocycles. The average molecular weight is 440 g/mol. The summed E-state index contributed by atoms with van der Waals surface area (Å²) < 4.78 is 67.5. The van der Waals surface area contributed by atoms with Gasteiger partial charge in [-0.05, 0) is 43.2 Å². The third-order valence-corrected chi connectivity index (χ3v) is 4.99. The van der Waals surface area contributed by atoms with Crippen molar-refractivity contribution in [3.63, 3.8) is 0 Å². The Labute approximate surface area is 178 Å². The Morgan fingerprint density at radius 2 is 1.97 bits per heavy atom. The molecule has 5 nitrogen and oxygen atoms in total. The van der Waals surface area contributed by atoms with Gasteiger partial charge in [0.15, 0.2) is 0 Å². The molecule has 0 bridgehead atoms. The second-order valence-electron chi connectivity index (χ2n) is 7.41. The van der Waals surface area contributed by atoms with Gasteiger partial charge in [0, 0.05) is 25.2 Å². The van der Waals surface area contributed by atoms with Crippen molar-refractivity contribution in [1.29, 1.82) is 0 Å². The zero-order chi connectivity index (χ0) is 22.6. The molecule has 0 aromatic heterocycles. The lowest BCUT2D eigenvalue weighted by Gasteiger charge is -2.42. The smallest absolute Gasteiger partial charge is 0.406 e. The lowest BCUT2D eigenvalue weighted by molar-refractivity contribution is -0.274. The summed E-state index contributed by atoms with van der Waals surface area (Å²) in [7, 11) is 1.87. The van der Waals surface area contributed by atoms with Gasteiger partial charge in [0.05, 0.1) is 31.8 Å². The highest BCUT2D eigenvalue weighted by molar-refractivity contribution is 5.63. The van der Waals surface area contributed by atoms with E-state index in [0.717, 1.165) is 12.1 Å². The van der Waals surface area contributed by atoms with E-state index >= 15 is 0 Å². The van der Waals surface area contributed by atoms with Crippen molar-refractivity contribution in [2.75, 3.05) is 26.8 Å². The number of rotatable bonds is 8. The highest BCUT2D eigenvalue weighted by Gasteiger charge is 2.44. The van der Waals surface area contributed by atoms with E-state index in [1.165, 1.54) is 24.3 Å². The number of hydrogen-bond acceptors (Lipinski definition) is 4. The number of ether oxygens (including phenoxy) is 3. The van der Waals surface area contributed by atoms with Crippen LogP contribution in [0, 0.1) is 12.7 Å². The molecule has 0 spiro atoms. The van der Waals surface area contributed by atoms with Crippen molar-refractivity contribution in [3.05, 3.63) is 58.9 Å². The number of nitrogens with zero attached hydrogens (tertiary/aromatic N) is 2. The standard InChI is InChI=1S/C22H24F4N2O3/c1-4-28(3)14-27-20-10-19(23)18(8-15(20)2)21(12-29-13-21)30-11-16-6-5-7-17(9-16)31-22(24,25)26/h5-10,14H,4,11-13H2,1-3H3. The van der Waals surface area contributed by atoms with Gasteiger partial charge in [0.1, 0.15) is 17.2 Å². The van der Waals surface area contributed by atoms with Crippen molar-refractivity contribution >= 4 is 12.0 Å². The summed E-state index contributed by atoms with van der Waals surface area (Å²) in [6, 6.07) is 8.53. The van der Waals surface area contributed by atoms with E-state index in [4.69, 9.17) is 9.47 Å². The van der Waals surface area contributed by atoms with Crippen LogP contribution in [0.4, 0.5) is 23.2 Å². The number of aryl methyl sites for hydroxylation is 1. The van der Waals surface area contributed by atoms with Crippen molar-refractivity contribution in [2.45, 2.75) is 32.4 Å². The van der Waals surface area contributed by atoms with Gasteiger partial charge < -0.3 is 19.1 Å². The summed E-state index contributed by atoms with van der Waals surface area (Å²) in [5, 5.41) is 0. The monoisotopic (exact) mass is 440 g/mol. The van der Waals surface area contributed by atoms with Crippen LogP contribution in [0.5, 0.6) is 5.75 Å². The van der Waals surface area contributed by atoms with Crippen molar-refractivity contribution in [2.24, 2.45) is 4.99 Å². The number of aliphatic imine (C=N–C) groups is 1. The normalized spacial score (nSPS) is 15.7. The fourth-order valence-electron chi connectivity index (χ4n) is 3.06. The van der Waals surface area contributed by atoms with Crippen molar-refractivity contribution < 1.29 is 31.8 Å². The molecular weight excluding hydrogens is 416 g/mol. The van der Waals surface area contributed by atoms with Crippen LogP contribution in [0.25, 0.3) is 0 Å². The second kappa shape index (κ2) is 9.23. The van der Waals surface area contributed by atoms with Crippen LogP contribution in [0.3, 0.4) is 0 Å². The summed E-state index contributed by atoms with van der Waals surface area (Å²) >= 11 is 0. The Kier molecular flexibility index (Phi) is 6.86. The first-order valence-corrected chi connectivity index (χ1v) is 9.73. The van der Waals surface area contributed by atoms with Crippen LogP contribution in [0.1, 0.15) is 23.6 Å². The molecule has 0 amide bonds. The van der Waals surface area contributed by atoms with Gasteiger partial charge in [-0.1, -0.05) is 12.1 Å². The quantitative estimate of drug-likeness (QED) is 0.326. The van der Waals surface area contributed by atoms with Gasteiger partial charge in [-0.15, -0.1) is 13.2 Å². The van der Waals surface area contributed by atoms with E-state index in [1.807, 2.05) is 25.8 Å². The minimum absolute atomic E-state index is 0.0297. The molecule has 1 aliphatic heterocycles.